The van der Waals surface area contributed by atoms with Crippen molar-refractivity contribution in [3.05, 3.63) is 56.3 Å². The van der Waals surface area contributed by atoms with E-state index in [2.05, 4.69) is 10.3 Å². The lowest BCUT2D eigenvalue weighted by Gasteiger charge is -2.14. The van der Waals surface area contributed by atoms with Gasteiger partial charge in [0, 0.05) is 24.2 Å². The van der Waals surface area contributed by atoms with Crippen molar-refractivity contribution < 1.29 is 9.31 Å². The summed E-state index contributed by atoms with van der Waals surface area (Å²) in [4.78, 5) is 14.1. The number of rotatable bonds is 6. The molecule has 0 radical (unpaired) electrons. The minimum absolute atomic E-state index is 0.105. The van der Waals surface area contributed by atoms with E-state index in [9.17, 15) is 14.5 Å². The summed E-state index contributed by atoms with van der Waals surface area (Å²) >= 11 is 1.56. The van der Waals surface area contributed by atoms with Crippen LogP contribution in [-0.4, -0.2) is 9.91 Å². The normalized spacial score (nSPS) is 12.3. The number of benzene rings is 1. The Kier molecular flexibility index (Phi) is 4.75. The van der Waals surface area contributed by atoms with E-state index in [1.165, 1.54) is 12.1 Å². The van der Waals surface area contributed by atoms with Crippen LogP contribution in [0, 0.1) is 15.9 Å². The number of nitrogens with zero attached hydrogens (tertiary/aromatic N) is 2. The molecule has 1 aromatic carbocycles. The van der Waals surface area contributed by atoms with Crippen LogP contribution in [0.2, 0.25) is 0 Å². The Hall–Kier alpha value is -1.86. The number of thiazole rings is 1. The van der Waals surface area contributed by atoms with Crippen LogP contribution in [0.25, 0.3) is 0 Å². The third-order valence-electron chi connectivity index (χ3n) is 2.92. The summed E-state index contributed by atoms with van der Waals surface area (Å²) in [6.45, 7) is 2.47. The molecule has 0 saturated carbocycles. The Labute approximate surface area is 119 Å². The molecule has 5 nitrogen and oxygen atoms in total. The zero-order valence-electron chi connectivity index (χ0n) is 10.9. The first kappa shape index (κ1) is 14.5. The minimum Gasteiger partial charge on any atom is -0.304 e. The van der Waals surface area contributed by atoms with E-state index in [4.69, 9.17) is 0 Å². The number of nitro benzene ring substituents is 1. The van der Waals surface area contributed by atoms with Crippen molar-refractivity contribution in [3.63, 3.8) is 0 Å². The van der Waals surface area contributed by atoms with Gasteiger partial charge in [0.15, 0.2) is 0 Å². The summed E-state index contributed by atoms with van der Waals surface area (Å²) in [5, 5.41) is 16.7. The maximum atomic E-state index is 13.5. The zero-order chi connectivity index (χ0) is 14.5. The van der Waals surface area contributed by atoms with Crippen LogP contribution in [0.5, 0.6) is 0 Å². The molecule has 7 heteroatoms. The number of hydrogen-bond acceptors (Lipinski definition) is 5. The highest BCUT2D eigenvalue weighted by Gasteiger charge is 2.15. The molecule has 0 saturated heterocycles. The molecule has 1 N–H and O–H groups in total. The molecule has 106 valence electrons. The molecule has 0 spiro atoms. The second-order valence-electron chi connectivity index (χ2n) is 4.25. The van der Waals surface area contributed by atoms with Crippen LogP contribution in [0.1, 0.15) is 30.0 Å². The first-order chi connectivity index (χ1) is 9.61. The largest absolute Gasteiger partial charge is 0.304 e. The van der Waals surface area contributed by atoms with Crippen molar-refractivity contribution in [1.82, 2.24) is 10.3 Å². The van der Waals surface area contributed by atoms with Gasteiger partial charge in [-0.25, -0.2) is 4.98 Å². The van der Waals surface area contributed by atoms with E-state index in [1.807, 2.05) is 12.3 Å². The number of nitro groups is 1. The van der Waals surface area contributed by atoms with E-state index in [-0.39, 0.29) is 6.04 Å². The molecule has 1 unspecified atom stereocenters. The van der Waals surface area contributed by atoms with E-state index in [0.717, 1.165) is 11.4 Å². The first-order valence-corrected chi connectivity index (χ1v) is 7.05. The second kappa shape index (κ2) is 6.53. The first-order valence-electron chi connectivity index (χ1n) is 6.17. The fourth-order valence-electron chi connectivity index (χ4n) is 1.86. The molecule has 0 amide bonds. The molecule has 0 aliphatic rings. The van der Waals surface area contributed by atoms with Gasteiger partial charge in [-0.15, -0.1) is 11.3 Å². The fraction of sp³-hybridized carbons (Fsp3) is 0.308. The standard InChI is InChI=1S/C13H14FN3O2S/c1-2-11(13-15-5-6-20-13)16-8-9-3-4-12(17(18)19)10(14)7-9/h3-7,11,16H,2,8H2,1H3. The highest BCUT2D eigenvalue weighted by atomic mass is 32.1. The molecule has 0 aliphatic carbocycles. The molecule has 20 heavy (non-hydrogen) atoms. The summed E-state index contributed by atoms with van der Waals surface area (Å²) in [6.07, 6.45) is 2.61. The summed E-state index contributed by atoms with van der Waals surface area (Å²) in [7, 11) is 0. The molecule has 0 fully saturated rings. The van der Waals surface area contributed by atoms with Gasteiger partial charge in [0.25, 0.3) is 0 Å². The molecule has 0 bridgehead atoms. The molecule has 1 atom stereocenters. The zero-order valence-corrected chi connectivity index (χ0v) is 11.7. The predicted molar refractivity (Wildman–Crippen MR) is 75.0 cm³/mol. The minimum atomic E-state index is -0.809. The van der Waals surface area contributed by atoms with Crippen molar-refractivity contribution in [3.8, 4) is 0 Å². The second-order valence-corrected chi connectivity index (χ2v) is 5.18. The van der Waals surface area contributed by atoms with Crippen molar-refractivity contribution in [2.75, 3.05) is 0 Å². The van der Waals surface area contributed by atoms with Crippen LogP contribution in [0.3, 0.4) is 0 Å². The molecular formula is C13H14FN3O2S. The molecular weight excluding hydrogens is 281 g/mol. The van der Waals surface area contributed by atoms with Crippen molar-refractivity contribution in [2.24, 2.45) is 0 Å². The van der Waals surface area contributed by atoms with E-state index >= 15 is 0 Å². The Morgan fingerprint density at radius 1 is 1.55 bits per heavy atom. The van der Waals surface area contributed by atoms with Crippen LogP contribution >= 0.6 is 11.3 Å². The Balaban J connectivity index is 2.03. The lowest BCUT2D eigenvalue weighted by atomic mass is 10.1. The maximum absolute atomic E-state index is 13.5. The lowest BCUT2D eigenvalue weighted by Crippen LogP contribution is -2.20. The fourth-order valence-corrected chi connectivity index (χ4v) is 2.66. The summed E-state index contributed by atoms with van der Waals surface area (Å²) in [6, 6.07) is 4.05. The van der Waals surface area contributed by atoms with Gasteiger partial charge < -0.3 is 5.32 Å². The van der Waals surface area contributed by atoms with Crippen LogP contribution in [-0.2, 0) is 6.54 Å². The third-order valence-corrected chi connectivity index (χ3v) is 3.81. The maximum Gasteiger partial charge on any atom is 0.304 e. The average molecular weight is 295 g/mol. The van der Waals surface area contributed by atoms with Gasteiger partial charge in [-0.3, -0.25) is 10.1 Å². The highest BCUT2D eigenvalue weighted by Crippen LogP contribution is 2.21. The van der Waals surface area contributed by atoms with Crippen LogP contribution < -0.4 is 5.32 Å². The van der Waals surface area contributed by atoms with E-state index in [0.29, 0.717) is 12.1 Å². The Bertz CT molecular complexity index is 589. The summed E-state index contributed by atoms with van der Waals surface area (Å²) < 4.78 is 13.5. The van der Waals surface area contributed by atoms with Gasteiger partial charge in [-0.2, -0.15) is 4.39 Å². The molecule has 2 rings (SSSR count). The molecule has 0 aliphatic heterocycles. The Morgan fingerprint density at radius 2 is 2.35 bits per heavy atom. The van der Waals surface area contributed by atoms with Crippen LogP contribution in [0.15, 0.2) is 29.8 Å². The Morgan fingerprint density at radius 3 is 2.90 bits per heavy atom. The van der Waals surface area contributed by atoms with Crippen LogP contribution in [0.4, 0.5) is 10.1 Å². The van der Waals surface area contributed by atoms with Gasteiger partial charge in [-0.05, 0) is 18.1 Å². The smallest absolute Gasteiger partial charge is 0.304 e. The third kappa shape index (κ3) is 3.37. The molecule has 1 aromatic heterocycles. The van der Waals surface area contributed by atoms with Gasteiger partial charge >= 0.3 is 5.69 Å². The SMILES string of the molecule is CCC(NCc1ccc([N+](=O)[O-])c(F)c1)c1nccs1. The average Bonchev–Trinajstić information content (AvgIpc) is 2.93. The highest BCUT2D eigenvalue weighted by molar-refractivity contribution is 7.09. The van der Waals surface area contributed by atoms with Crippen molar-refractivity contribution >= 4 is 17.0 Å². The summed E-state index contributed by atoms with van der Waals surface area (Å²) in [5.74, 6) is -0.809. The topological polar surface area (TPSA) is 68.1 Å². The number of aromatic nitrogens is 1. The van der Waals surface area contributed by atoms with Gasteiger partial charge in [0.05, 0.1) is 11.0 Å². The van der Waals surface area contributed by atoms with E-state index in [1.54, 1.807) is 23.6 Å². The monoisotopic (exact) mass is 295 g/mol. The van der Waals surface area contributed by atoms with Crippen molar-refractivity contribution in [1.29, 1.82) is 0 Å². The molecule has 1 heterocycles. The van der Waals surface area contributed by atoms with Gasteiger partial charge in [-0.1, -0.05) is 13.0 Å². The van der Waals surface area contributed by atoms with Gasteiger partial charge in [0.1, 0.15) is 5.01 Å². The number of halogens is 1. The lowest BCUT2D eigenvalue weighted by molar-refractivity contribution is -0.387. The molecule has 2 aromatic rings. The predicted octanol–water partition coefficient (Wildman–Crippen LogP) is 3.43. The number of nitrogens with one attached hydrogen (secondary N) is 1. The number of hydrogen-bond donors (Lipinski definition) is 1. The summed E-state index contributed by atoms with van der Waals surface area (Å²) in [5.41, 5.74) is 0.170. The van der Waals surface area contributed by atoms with E-state index < -0.39 is 16.4 Å². The van der Waals surface area contributed by atoms with Gasteiger partial charge in [0.2, 0.25) is 5.82 Å². The quantitative estimate of drug-likeness (QED) is 0.655. The van der Waals surface area contributed by atoms with Crippen molar-refractivity contribution in [2.45, 2.75) is 25.9 Å².